The maximum Gasteiger partial charge on any atom is 0.193 e. The van der Waals surface area contributed by atoms with Crippen molar-refractivity contribution in [3.8, 4) is 0 Å². The van der Waals surface area contributed by atoms with E-state index in [1.54, 1.807) is 0 Å². The fourth-order valence-electron chi connectivity index (χ4n) is 4.96. The van der Waals surface area contributed by atoms with Crippen LogP contribution in [0.4, 0.5) is 0 Å². The number of Topliss-reactive ketones (excluding diaryl/α,β-unsaturated/α-hetero) is 1. The van der Waals surface area contributed by atoms with Crippen molar-refractivity contribution in [3.63, 3.8) is 0 Å². The third-order valence-corrected chi connectivity index (χ3v) is 8.14. The van der Waals surface area contributed by atoms with Crippen molar-refractivity contribution >= 4 is 11.6 Å². The lowest BCUT2D eigenvalue weighted by Crippen LogP contribution is -2.03. The molecule has 0 aliphatic heterocycles. The number of ketones is 2. The molecule has 0 saturated heterocycles. The quantitative estimate of drug-likeness (QED) is 0.164. The van der Waals surface area contributed by atoms with Crippen LogP contribution in [0.15, 0.2) is 146 Å². The fraction of sp³-hybridized carbons (Fsp3) is 0.174. The van der Waals surface area contributed by atoms with E-state index < -0.39 is 0 Å². The molecule has 0 radical (unpaired) electrons. The molecule has 0 heterocycles. The van der Waals surface area contributed by atoms with E-state index in [0.717, 1.165) is 28.7 Å². The van der Waals surface area contributed by atoms with Crippen LogP contribution in [-0.4, -0.2) is 11.6 Å². The number of aryl methyl sites for hydroxylation is 6. The Morgan fingerprint density at radius 1 is 0.333 bits per heavy atom. The largest absolute Gasteiger partial charge is 0.294 e. The molecule has 0 bridgehead atoms. The second-order valence-electron chi connectivity index (χ2n) is 12.7. The molecule has 6 aromatic carbocycles. The number of hydrogen-bond donors (Lipinski definition) is 0. The van der Waals surface area contributed by atoms with Gasteiger partial charge in [0.05, 0.1) is 0 Å². The molecule has 2 heteroatoms. The second-order valence-corrected chi connectivity index (χ2v) is 12.7. The summed E-state index contributed by atoms with van der Waals surface area (Å²) in [6.45, 7) is 12.3. The van der Waals surface area contributed by atoms with Crippen LogP contribution in [-0.2, 0) is 12.8 Å². The van der Waals surface area contributed by atoms with E-state index in [1.807, 2.05) is 125 Å². The van der Waals surface area contributed by atoms with Crippen LogP contribution in [0.1, 0.15) is 76.4 Å². The van der Waals surface area contributed by atoms with Crippen molar-refractivity contribution in [2.45, 2.75) is 54.4 Å². The van der Waals surface area contributed by atoms with Crippen LogP contribution in [0.5, 0.6) is 0 Å². The average molecular weight is 631 g/mol. The molecule has 0 N–H and O–H groups in total. The Hall–Kier alpha value is -5.34. The Kier molecular flexibility index (Phi) is 13.0. The van der Waals surface area contributed by atoms with Crippen molar-refractivity contribution in [1.29, 1.82) is 0 Å². The number of hydrogen-bond acceptors (Lipinski definition) is 2. The summed E-state index contributed by atoms with van der Waals surface area (Å²) < 4.78 is 0. The molecule has 0 aliphatic rings. The van der Waals surface area contributed by atoms with Gasteiger partial charge in [0, 0.05) is 23.1 Å². The first kappa shape index (κ1) is 35.5. The van der Waals surface area contributed by atoms with E-state index in [9.17, 15) is 9.59 Å². The Morgan fingerprint density at radius 2 is 0.583 bits per heavy atom. The van der Waals surface area contributed by atoms with Crippen molar-refractivity contribution in [1.82, 2.24) is 0 Å². The van der Waals surface area contributed by atoms with Gasteiger partial charge in [-0.3, -0.25) is 9.59 Å². The van der Waals surface area contributed by atoms with Crippen molar-refractivity contribution in [2.75, 3.05) is 0 Å². The molecule has 0 saturated carbocycles. The molecular formula is C46H46O2. The van der Waals surface area contributed by atoms with Gasteiger partial charge in [-0.25, -0.2) is 0 Å². The molecule has 0 amide bonds. The second kappa shape index (κ2) is 17.5. The standard InChI is InChI=1S/C16H16O.C15H14O.C15H16/c1-12-3-7-14(8-4-12)11-16(17)15-9-5-13(2)6-10-15;1-11-3-7-13(8-4-11)15(16)14-9-5-12(2)6-10-14;1-12-3-7-14(8-4-12)11-15-9-5-13(2)6-10-15/h3-10H,11H2,1-2H3;3-10H,1-2H3;3-10H,11H2,1-2H3. The highest BCUT2D eigenvalue weighted by Crippen LogP contribution is 2.13. The molecule has 242 valence electrons. The lowest BCUT2D eigenvalue weighted by molar-refractivity contribution is 0.0991. The summed E-state index contributed by atoms with van der Waals surface area (Å²) in [5, 5.41) is 0. The molecule has 0 fully saturated rings. The van der Waals surface area contributed by atoms with Gasteiger partial charge in [0.1, 0.15) is 0 Å². The molecule has 0 spiro atoms. The van der Waals surface area contributed by atoms with Crippen LogP contribution < -0.4 is 0 Å². The van der Waals surface area contributed by atoms with E-state index in [0.29, 0.717) is 6.42 Å². The van der Waals surface area contributed by atoms with Gasteiger partial charge in [0.25, 0.3) is 0 Å². The van der Waals surface area contributed by atoms with Gasteiger partial charge >= 0.3 is 0 Å². The SMILES string of the molecule is Cc1ccc(C(=O)c2ccc(C)cc2)cc1.Cc1ccc(CC(=O)c2ccc(C)cc2)cc1.Cc1ccc(Cc2ccc(C)cc2)cc1. The highest BCUT2D eigenvalue weighted by atomic mass is 16.1. The molecule has 0 aliphatic carbocycles. The number of carbonyl (C=O) groups is 2. The molecule has 6 rings (SSSR count). The van der Waals surface area contributed by atoms with Gasteiger partial charge in [-0.15, -0.1) is 0 Å². The number of carbonyl (C=O) groups excluding carboxylic acids is 2. The first-order valence-electron chi connectivity index (χ1n) is 16.5. The topological polar surface area (TPSA) is 34.1 Å². The highest BCUT2D eigenvalue weighted by molar-refractivity contribution is 6.09. The van der Waals surface area contributed by atoms with Gasteiger partial charge in [-0.1, -0.05) is 179 Å². The summed E-state index contributed by atoms with van der Waals surface area (Å²) in [7, 11) is 0. The third-order valence-electron chi connectivity index (χ3n) is 8.14. The summed E-state index contributed by atoms with van der Waals surface area (Å²) in [5.74, 6) is 0.258. The lowest BCUT2D eigenvalue weighted by Gasteiger charge is -2.03. The summed E-state index contributed by atoms with van der Waals surface area (Å²) in [4.78, 5) is 24.1. The summed E-state index contributed by atoms with van der Waals surface area (Å²) in [6.07, 6.45) is 1.50. The Labute approximate surface area is 287 Å². The summed E-state index contributed by atoms with van der Waals surface area (Å²) in [5.41, 5.74) is 13.5. The van der Waals surface area contributed by atoms with E-state index in [2.05, 4.69) is 62.4 Å². The predicted octanol–water partition coefficient (Wildman–Crippen LogP) is 11.2. The van der Waals surface area contributed by atoms with Crippen molar-refractivity contribution in [2.24, 2.45) is 0 Å². The van der Waals surface area contributed by atoms with Crippen molar-refractivity contribution in [3.05, 3.63) is 212 Å². The molecule has 0 aromatic heterocycles. The summed E-state index contributed by atoms with van der Waals surface area (Å²) in [6, 6.07) is 48.7. The smallest absolute Gasteiger partial charge is 0.193 e. The van der Waals surface area contributed by atoms with Gasteiger partial charge in [-0.05, 0) is 64.7 Å². The number of rotatable bonds is 7. The zero-order valence-corrected chi connectivity index (χ0v) is 29.1. The third kappa shape index (κ3) is 11.5. The van der Waals surface area contributed by atoms with Crippen LogP contribution in [0, 0.1) is 41.5 Å². The first-order valence-corrected chi connectivity index (χ1v) is 16.5. The minimum atomic E-state index is 0.0833. The number of benzene rings is 6. The maximum atomic E-state index is 12.1. The van der Waals surface area contributed by atoms with Gasteiger partial charge in [0.2, 0.25) is 0 Å². The van der Waals surface area contributed by atoms with E-state index >= 15 is 0 Å². The zero-order chi connectivity index (χ0) is 34.5. The van der Waals surface area contributed by atoms with Gasteiger partial charge in [-0.2, -0.15) is 0 Å². The molecular weight excluding hydrogens is 585 g/mol. The monoisotopic (exact) mass is 630 g/mol. The summed E-state index contributed by atoms with van der Waals surface area (Å²) >= 11 is 0. The fourth-order valence-corrected chi connectivity index (χ4v) is 4.96. The average Bonchev–Trinajstić information content (AvgIpc) is 3.09. The maximum absolute atomic E-state index is 12.1. The Balaban J connectivity index is 0.000000163. The minimum absolute atomic E-state index is 0.0833. The van der Waals surface area contributed by atoms with E-state index in [4.69, 9.17) is 0 Å². The predicted molar refractivity (Wildman–Crippen MR) is 201 cm³/mol. The van der Waals surface area contributed by atoms with Gasteiger partial charge < -0.3 is 0 Å². The molecule has 0 atom stereocenters. The normalized spacial score (nSPS) is 10.2. The van der Waals surface area contributed by atoms with Gasteiger partial charge in [0.15, 0.2) is 11.6 Å². The molecule has 2 nitrogen and oxygen atoms in total. The lowest BCUT2D eigenvalue weighted by atomic mass is 10.0. The Bertz CT molecular complexity index is 1790. The zero-order valence-electron chi connectivity index (χ0n) is 29.1. The van der Waals surface area contributed by atoms with Crippen LogP contribution in [0.2, 0.25) is 0 Å². The first-order chi connectivity index (χ1) is 23.0. The van der Waals surface area contributed by atoms with E-state index in [-0.39, 0.29) is 11.6 Å². The van der Waals surface area contributed by atoms with Crippen LogP contribution >= 0.6 is 0 Å². The highest BCUT2D eigenvalue weighted by Gasteiger charge is 2.08. The Morgan fingerprint density at radius 3 is 0.896 bits per heavy atom. The molecule has 6 aromatic rings. The van der Waals surface area contributed by atoms with Crippen LogP contribution in [0.25, 0.3) is 0 Å². The van der Waals surface area contributed by atoms with Crippen molar-refractivity contribution < 1.29 is 9.59 Å². The minimum Gasteiger partial charge on any atom is -0.294 e. The molecule has 48 heavy (non-hydrogen) atoms. The van der Waals surface area contributed by atoms with Crippen LogP contribution in [0.3, 0.4) is 0 Å². The van der Waals surface area contributed by atoms with E-state index in [1.165, 1.54) is 44.5 Å². The molecule has 0 unspecified atom stereocenters.